The van der Waals surface area contributed by atoms with Crippen LogP contribution in [0.5, 0.6) is 28.7 Å². The highest BCUT2D eigenvalue weighted by molar-refractivity contribution is 5.99. The summed E-state index contributed by atoms with van der Waals surface area (Å²) in [5.41, 5.74) is 3.33. The SMILES string of the molecule is CCCCOc1cc(OCCC)ccc1NC(=O)[C@@H](Cc1ccc(OCc2ccccc2)cc1)NC(=O)OC(C)(C)C.CCCOC(=O)c1ccc(NC(=O)[C@@H](Cc2ccc(OCc3ccccc3)cc2)NC(=O)OC(C)(C)C)c(OCc2ccco2)c1. The molecular weight excluding hydrogens is 1120 g/mol. The van der Waals surface area contributed by atoms with Crippen LogP contribution < -0.4 is 45.0 Å². The molecule has 1 aromatic heterocycles. The summed E-state index contributed by atoms with van der Waals surface area (Å²) in [5.74, 6) is 1.92. The van der Waals surface area contributed by atoms with E-state index in [9.17, 15) is 24.0 Å². The second kappa shape index (κ2) is 34.6. The molecule has 0 unspecified atom stereocenters. The number of rotatable bonds is 29. The van der Waals surface area contributed by atoms with E-state index in [-0.39, 0.29) is 37.4 Å². The van der Waals surface area contributed by atoms with Gasteiger partial charge in [0, 0.05) is 18.9 Å². The van der Waals surface area contributed by atoms with Gasteiger partial charge in [-0.15, -0.1) is 0 Å². The predicted molar refractivity (Wildman–Crippen MR) is 338 cm³/mol. The summed E-state index contributed by atoms with van der Waals surface area (Å²) in [5, 5.41) is 11.2. The second-order valence-electron chi connectivity index (χ2n) is 22.5. The Balaban J connectivity index is 0.000000282. The van der Waals surface area contributed by atoms with Crippen molar-refractivity contribution in [2.45, 2.75) is 144 Å². The molecule has 0 fully saturated rings. The summed E-state index contributed by atoms with van der Waals surface area (Å²) in [6, 6.07) is 46.0. The summed E-state index contributed by atoms with van der Waals surface area (Å²) < 4.78 is 51.0. The van der Waals surface area contributed by atoms with Crippen LogP contribution in [0.4, 0.5) is 21.0 Å². The molecule has 7 rings (SSSR count). The molecule has 18 nitrogen and oxygen atoms in total. The van der Waals surface area contributed by atoms with E-state index in [0.29, 0.717) is 73.0 Å². The highest BCUT2D eigenvalue weighted by atomic mass is 16.6. The molecule has 1 heterocycles. The van der Waals surface area contributed by atoms with Crippen molar-refractivity contribution in [3.8, 4) is 28.7 Å². The zero-order chi connectivity index (χ0) is 63.3. The van der Waals surface area contributed by atoms with Crippen LogP contribution in [0.25, 0.3) is 0 Å². The molecule has 2 atom stereocenters. The first-order valence-corrected chi connectivity index (χ1v) is 29.7. The van der Waals surface area contributed by atoms with E-state index < -0.39 is 53.3 Å². The van der Waals surface area contributed by atoms with Gasteiger partial charge < -0.3 is 63.6 Å². The van der Waals surface area contributed by atoms with E-state index >= 15 is 0 Å². The van der Waals surface area contributed by atoms with Gasteiger partial charge in [0.05, 0.1) is 43.0 Å². The summed E-state index contributed by atoms with van der Waals surface area (Å²) in [7, 11) is 0. The number of unbranched alkanes of at least 4 members (excludes halogenated alkanes) is 1. The quantitative estimate of drug-likeness (QED) is 0.0195. The van der Waals surface area contributed by atoms with E-state index in [0.717, 1.165) is 41.5 Å². The Kier molecular flexibility index (Phi) is 26.6. The summed E-state index contributed by atoms with van der Waals surface area (Å²) >= 11 is 0. The fraction of sp³-hybridized carbons (Fsp3) is 0.357. The number of hydrogen-bond donors (Lipinski definition) is 4. The van der Waals surface area contributed by atoms with E-state index in [1.54, 1.807) is 77.9 Å². The Morgan fingerprint density at radius 1 is 0.455 bits per heavy atom. The van der Waals surface area contributed by atoms with Crippen molar-refractivity contribution in [1.82, 2.24) is 10.6 Å². The molecule has 7 aromatic rings. The maximum absolute atomic E-state index is 13.7. The van der Waals surface area contributed by atoms with Gasteiger partial charge in [0.1, 0.15) is 77.6 Å². The highest BCUT2D eigenvalue weighted by Gasteiger charge is 2.28. The second-order valence-corrected chi connectivity index (χ2v) is 22.5. The monoisotopic (exact) mass is 1200 g/mol. The van der Waals surface area contributed by atoms with E-state index in [1.165, 1.54) is 18.4 Å². The van der Waals surface area contributed by atoms with Gasteiger partial charge in [-0.25, -0.2) is 14.4 Å². The fourth-order valence-electron chi connectivity index (χ4n) is 8.21. The number of benzene rings is 6. The lowest BCUT2D eigenvalue weighted by atomic mass is 10.0. The van der Waals surface area contributed by atoms with Gasteiger partial charge in [-0.3, -0.25) is 9.59 Å². The number of anilines is 2. The van der Waals surface area contributed by atoms with Crippen molar-refractivity contribution in [3.63, 3.8) is 0 Å². The van der Waals surface area contributed by atoms with Crippen LogP contribution in [0.2, 0.25) is 0 Å². The highest BCUT2D eigenvalue weighted by Crippen LogP contribution is 2.32. The predicted octanol–water partition coefficient (Wildman–Crippen LogP) is 14.4. The van der Waals surface area contributed by atoms with Gasteiger partial charge in [-0.1, -0.05) is 112 Å². The number of nitrogens with one attached hydrogen (secondary N) is 4. The smallest absolute Gasteiger partial charge is 0.408 e. The molecule has 4 N–H and O–H groups in total. The maximum atomic E-state index is 13.7. The van der Waals surface area contributed by atoms with Gasteiger partial charge >= 0.3 is 18.2 Å². The van der Waals surface area contributed by atoms with Crippen LogP contribution in [0.15, 0.2) is 168 Å². The first kappa shape index (κ1) is 67.7. The summed E-state index contributed by atoms with van der Waals surface area (Å²) in [4.78, 5) is 65.3. The van der Waals surface area contributed by atoms with Crippen LogP contribution in [0, 0.1) is 0 Å². The lowest BCUT2D eigenvalue weighted by Crippen LogP contribution is -2.47. The summed E-state index contributed by atoms with van der Waals surface area (Å²) in [6.45, 7) is 18.9. The van der Waals surface area contributed by atoms with E-state index in [2.05, 4.69) is 28.2 Å². The molecule has 6 aromatic carbocycles. The Hall–Kier alpha value is -9.45. The standard InChI is InChI=1S/C36H40N2O8.C34H44N2O6/c1-5-19-43-34(40)27-15-18-30(32(22-27)45-24-29-12-9-20-42-29)37-33(39)31(38-35(41)46-36(2,3)4)21-25-13-16-28(17-14-25)44-23-26-10-7-6-8-11-26;1-6-8-21-40-31-23-28(39-20-7-2)18-19-29(31)35-32(37)30(36-33(38)42-34(3,4)5)22-25-14-16-27(17-15-25)41-24-26-12-10-9-11-13-26/h6-18,20,22,31H,5,19,21,23-24H2,1-4H3,(H,37,39)(H,38,41);9-19,23,30H,6-8,20-22,24H2,1-5H3,(H,35,37)(H,36,38)/t31-;30-/m11/s1. The molecule has 0 radical (unpaired) electrons. The molecule has 0 saturated heterocycles. The van der Waals surface area contributed by atoms with Gasteiger partial charge in [0.15, 0.2) is 0 Å². The van der Waals surface area contributed by atoms with Crippen LogP contribution >= 0.6 is 0 Å². The van der Waals surface area contributed by atoms with Crippen molar-refractivity contribution in [3.05, 3.63) is 198 Å². The topological polar surface area (TPSA) is 220 Å². The van der Waals surface area contributed by atoms with Crippen molar-refractivity contribution >= 4 is 41.3 Å². The number of hydrogen-bond acceptors (Lipinski definition) is 14. The molecule has 88 heavy (non-hydrogen) atoms. The minimum Gasteiger partial charge on any atom is -0.493 e. The van der Waals surface area contributed by atoms with Gasteiger partial charge in [0.2, 0.25) is 11.8 Å². The normalized spacial score (nSPS) is 11.7. The lowest BCUT2D eigenvalue weighted by Gasteiger charge is -2.24. The number of amides is 4. The number of ether oxygens (including phenoxy) is 8. The Bertz CT molecular complexity index is 3250. The lowest BCUT2D eigenvalue weighted by molar-refractivity contribution is -0.118. The number of furan rings is 1. The van der Waals surface area contributed by atoms with Crippen LogP contribution in [0.1, 0.15) is 126 Å². The molecule has 18 heteroatoms. The third-order valence-electron chi connectivity index (χ3n) is 12.5. The third-order valence-corrected chi connectivity index (χ3v) is 12.5. The average molecular weight is 1210 g/mol. The molecular formula is C70H84N4O14. The maximum Gasteiger partial charge on any atom is 0.408 e. The Morgan fingerprint density at radius 3 is 1.41 bits per heavy atom. The van der Waals surface area contributed by atoms with Gasteiger partial charge in [-0.05, 0) is 150 Å². The molecule has 0 aliphatic carbocycles. The zero-order valence-corrected chi connectivity index (χ0v) is 51.9. The van der Waals surface area contributed by atoms with Crippen molar-refractivity contribution in [1.29, 1.82) is 0 Å². The van der Waals surface area contributed by atoms with Crippen molar-refractivity contribution < 1.29 is 66.3 Å². The Labute approximate surface area is 516 Å². The third kappa shape index (κ3) is 24.5. The Morgan fingerprint density at radius 2 is 0.943 bits per heavy atom. The van der Waals surface area contributed by atoms with Gasteiger partial charge in [0.25, 0.3) is 0 Å². The van der Waals surface area contributed by atoms with Crippen LogP contribution in [-0.2, 0) is 56.5 Å². The van der Waals surface area contributed by atoms with Crippen molar-refractivity contribution in [2.24, 2.45) is 0 Å². The molecule has 468 valence electrons. The van der Waals surface area contributed by atoms with Gasteiger partial charge in [-0.2, -0.15) is 0 Å². The fourth-order valence-corrected chi connectivity index (χ4v) is 8.21. The number of esters is 1. The largest absolute Gasteiger partial charge is 0.493 e. The van der Waals surface area contributed by atoms with Crippen LogP contribution in [-0.4, -0.2) is 73.1 Å². The molecule has 0 aliphatic heterocycles. The van der Waals surface area contributed by atoms with E-state index in [1.807, 2.05) is 123 Å². The first-order chi connectivity index (χ1) is 42.3. The minimum atomic E-state index is -1.02. The first-order valence-electron chi connectivity index (χ1n) is 29.7. The van der Waals surface area contributed by atoms with Crippen molar-refractivity contribution in [2.75, 3.05) is 30.5 Å². The molecule has 4 amide bonds. The molecule has 0 saturated carbocycles. The average Bonchev–Trinajstić information content (AvgIpc) is 4.08. The van der Waals surface area contributed by atoms with E-state index in [4.69, 9.17) is 42.3 Å². The zero-order valence-electron chi connectivity index (χ0n) is 51.9. The molecule has 0 bridgehead atoms. The number of carbonyl (C=O) groups excluding carboxylic acids is 5. The number of alkyl carbamates (subject to hydrolysis) is 2. The molecule has 0 aliphatic rings. The van der Waals surface area contributed by atoms with Crippen LogP contribution in [0.3, 0.4) is 0 Å². The minimum absolute atomic E-state index is 0.0572. The molecule has 0 spiro atoms. The summed E-state index contributed by atoms with van der Waals surface area (Å²) in [6.07, 6.45) is 3.93. The number of carbonyl (C=O) groups is 5.